The Bertz CT molecular complexity index is 366. The first-order valence-corrected chi connectivity index (χ1v) is 3.81. The molecule has 1 aromatic carbocycles. The fourth-order valence-electron chi connectivity index (χ4n) is 0.841. The summed E-state index contributed by atoms with van der Waals surface area (Å²) in [4.78, 5) is 11.1. The molecule has 0 amide bonds. The Hall–Kier alpha value is -0.350. The molecule has 0 radical (unpaired) electrons. The third-order valence-corrected chi connectivity index (χ3v) is 1.73. The predicted molar refractivity (Wildman–Crippen MR) is 44.9 cm³/mol. The van der Waals surface area contributed by atoms with Gasteiger partial charge in [0.2, 0.25) is 0 Å². The van der Waals surface area contributed by atoms with E-state index in [1.54, 1.807) is 0 Å². The first-order chi connectivity index (χ1) is 6.15. The standard InChI is InChI=1S/C9H6ClFO2.Na/c10-8-5-6(11)1-2-7(8)9(13)3-4-12;/h1-5,12H;/q;+1/p-1/b4-3+;. The van der Waals surface area contributed by atoms with Crippen molar-refractivity contribution in [1.82, 2.24) is 0 Å². The molecule has 0 aliphatic rings. The third-order valence-electron chi connectivity index (χ3n) is 1.42. The van der Waals surface area contributed by atoms with Crippen LogP contribution in [0.3, 0.4) is 0 Å². The van der Waals surface area contributed by atoms with Crippen LogP contribution in [0.5, 0.6) is 0 Å². The average molecular weight is 223 g/mol. The maximum absolute atomic E-state index is 12.5. The minimum Gasteiger partial charge on any atom is -0.878 e. The summed E-state index contributed by atoms with van der Waals surface area (Å²) in [6, 6.07) is 3.37. The summed E-state index contributed by atoms with van der Waals surface area (Å²) in [5.41, 5.74) is 0.121. The van der Waals surface area contributed by atoms with Crippen molar-refractivity contribution in [2.75, 3.05) is 0 Å². The van der Waals surface area contributed by atoms with Crippen LogP contribution in [-0.2, 0) is 0 Å². The number of allylic oxidation sites excluding steroid dienone is 1. The van der Waals surface area contributed by atoms with E-state index in [0.29, 0.717) is 6.26 Å². The molecule has 0 unspecified atom stereocenters. The molecule has 0 saturated carbocycles. The van der Waals surface area contributed by atoms with Crippen LogP contribution in [0, 0.1) is 5.82 Å². The molecule has 1 rings (SSSR count). The van der Waals surface area contributed by atoms with E-state index in [-0.39, 0.29) is 40.1 Å². The van der Waals surface area contributed by atoms with Gasteiger partial charge in [0, 0.05) is 5.56 Å². The van der Waals surface area contributed by atoms with Gasteiger partial charge in [-0.05, 0) is 24.3 Å². The second-order valence-electron chi connectivity index (χ2n) is 2.29. The van der Waals surface area contributed by atoms with Gasteiger partial charge in [0.05, 0.1) is 5.02 Å². The summed E-state index contributed by atoms with van der Waals surface area (Å²) in [6.45, 7) is 0. The van der Waals surface area contributed by atoms with Gasteiger partial charge in [-0.15, -0.1) is 6.26 Å². The first kappa shape index (κ1) is 13.7. The van der Waals surface area contributed by atoms with Gasteiger partial charge in [-0.3, -0.25) is 4.79 Å². The van der Waals surface area contributed by atoms with Gasteiger partial charge in [-0.2, -0.15) is 0 Å². The van der Waals surface area contributed by atoms with Gasteiger partial charge in [0.25, 0.3) is 0 Å². The van der Waals surface area contributed by atoms with E-state index in [1.807, 2.05) is 0 Å². The first-order valence-electron chi connectivity index (χ1n) is 3.43. The van der Waals surface area contributed by atoms with Gasteiger partial charge >= 0.3 is 29.6 Å². The molecule has 0 heterocycles. The van der Waals surface area contributed by atoms with Crippen LogP contribution < -0.4 is 34.7 Å². The van der Waals surface area contributed by atoms with Gasteiger partial charge in [0.1, 0.15) is 5.82 Å². The molecule has 0 aromatic heterocycles. The van der Waals surface area contributed by atoms with Gasteiger partial charge in [-0.1, -0.05) is 11.6 Å². The Labute approximate surface area is 108 Å². The molecule has 5 heteroatoms. The third kappa shape index (κ3) is 3.42. The maximum Gasteiger partial charge on any atom is 1.00 e. The van der Waals surface area contributed by atoms with Crippen molar-refractivity contribution in [3.05, 3.63) is 46.9 Å². The predicted octanol–water partition coefficient (Wildman–Crippen LogP) is -1.46. The number of hydrogen-bond donors (Lipinski definition) is 0. The van der Waals surface area contributed by atoms with Gasteiger partial charge in [0.15, 0.2) is 5.78 Å². The smallest absolute Gasteiger partial charge is 0.878 e. The summed E-state index contributed by atoms with van der Waals surface area (Å²) in [6.07, 6.45) is 1.20. The zero-order valence-electron chi connectivity index (χ0n) is 7.46. The number of carbonyl (C=O) groups excluding carboxylic acids is 1. The topological polar surface area (TPSA) is 40.1 Å². The molecule has 0 N–H and O–H groups in total. The van der Waals surface area contributed by atoms with Crippen molar-refractivity contribution in [2.24, 2.45) is 0 Å². The Morgan fingerprint density at radius 3 is 2.64 bits per heavy atom. The summed E-state index contributed by atoms with van der Waals surface area (Å²) in [7, 11) is 0. The number of halogens is 2. The van der Waals surface area contributed by atoms with Crippen molar-refractivity contribution in [2.45, 2.75) is 0 Å². The summed E-state index contributed by atoms with van der Waals surface area (Å²) < 4.78 is 12.5. The second kappa shape index (κ2) is 6.19. The maximum atomic E-state index is 12.5. The largest absolute Gasteiger partial charge is 1.00 e. The molecule has 0 aliphatic carbocycles. The van der Waals surface area contributed by atoms with Crippen LogP contribution >= 0.6 is 11.6 Å². The Morgan fingerprint density at radius 1 is 1.50 bits per heavy atom. The van der Waals surface area contributed by atoms with E-state index < -0.39 is 11.6 Å². The van der Waals surface area contributed by atoms with E-state index in [1.165, 1.54) is 6.07 Å². The number of rotatable bonds is 2. The van der Waals surface area contributed by atoms with Crippen LogP contribution in [0.2, 0.25) is 5.02 Å². The molecule has 68 valence electrons. The number of ketones is 1. The summed E-state index contributed by atoms with van der Waals surface area (Å²) in [5.74, 6) is -1.05. The quantitative estimate of drug-likeness (QED) is 0.266. The summed E-state index contributed by atoms with van der Waals surface area (Å²) >= 11 is 5.56. The van der Waals surface area contributed by atoms with Crippen molar-refractivity contribution in [3.63, 3.8) is 0 Å². The molecule has 0 spiro atoms. The number of benzene rings is 1. The summed E-state index contributed by atoms with van der Waals surface area (Å²) in [5, 5.41) is 9.98. The fourth-order valence-corrected chi connectivity index (χ4v) is 1.10. The molecule has 2 nitrogen and oxygen atoms in total. The van der Waals surface area contributed by atoms with Crippen molar-refractivity contribution < 1.29 is 43.8 Å². The van der Waals surface area contributed by atoms with E-state index >= 15 is 0 Å². The monoisotopic (exact) mass is 222 g/mol. The molecular formula is C9H5ClFNaO2. The van der Waals surface area contributed by atoms with Crippen molar-refractivity contribution in [1.29, 1.82) is 0 Å². The Kier molecular flexibility index (Phi) is 6.04. The van der Waals surface area contributed by atoms with Crippen molar-refractivity contribution in [3.8, 4) is 0 Å². The second-order valence-corrected chi connectivity index (χ2v) is 2.70. The molecule has 0 aliphatic heterocycles. The SMILES string of the molecule is O=C(/C=C/[O-])c1ccc(F)cc1Cl.[Na+]. The van der Waals surface area contributed by atoms with Crippen LogP contribution in [0.1, 0.15) is 10.4 Å². The van der Waals surface area contributed by atoms with Crippen LogP contribution in [0.15, 0.2) is 30.5 Å². The molecule has 1 aromatic rings. The Balaban J connectivity index is 0.00000169. The van der Waals surface area contributed by atoms with Gasteiger partial charge < -0.3 is 5.11 Å². The zero-order chi connectivity index (χ0) is 9.84. The minimum atomic E-state index is -0.528. The normalized spacial score (nSPS) is 9.86. The van der Waals surface area contributed by atoms with E-state index in [0.717, 1.165) is 18.2 Å². The molecule has 0 bridgehead atoms. The van der Waals surface area contributed by atoms with E-state index in [2.05, 4.69) is 0 Å². The average Bonchev–Trinajstić information content (AvgIpc) is 2.04. The number of carbonyl (C=O) groups is 1. The zero-order valence-corrected chi connectivity index (χ0v) is 10.2. The van der Waals surface area contributed by atoms with Crippen LogP contribution in [0.25, 0.3) is 0 Å². The number of hydrogen-bond acceptors (Lipinski definition) is 2. The van der Waals surface area contributed by atoms with Crippen LogP contribution in [0.4, 0.5) is 4.39 Å². The molecular weight excluding hydrogens is 218 g/mol. The minimum absolute atomic E-state index is 0. The van der Waals surface area contributed by atoms with E-state index in [4.69, 9.17) is 11.6 Å². The van der Waals surface area contributed by atoms with E-state index in [9.17, 15) is 14.3 Å². The van der Waals surface area contributed by atoms with Crippen molar-refractivity contribution >= 4 is 17.4 Å². The Morgan fingerprint density at radius 2 is 2.14 bits per heavy atom. The van der Waals surface area contributed by atoms with Crippen LogP contribution in [-0.4, -0.2) is 5.78 Å². The molecule has 0 atom stereocenters. The van der Waals surface area contributed by atoms with Gasteiger partial charge in [-0.25, -0.2) is 4.39 Å². The molecule has 0 saturated heterocycles. The fraction of sp³-hybridized carbons (Fsp3) is 0. The molecule has 14 heavy (non-hydrogen) atoms. The molecule has 0 fully saturated rings.